The van der Waals surface area contributed by atoms with Crippen molar-refractivity contribution in [2.45, 2.75) is 46.2 Å². The standard InChI is InChI=1S/C10H22O3Si2/c1-8-9(12-14(2,3)4)10(11)13-15(5,6)7/h8H,1-7H3. The third-order valence-electron chi connectivity index (χ3n) is 1.28. The summed E-state index contributed by atoms with van der Waals surface area (Å²) in [6.45, 7) is 13.8. The van der Waals surface area contributed by atoms with Gasteiger partial charge in [0.1, 0.15) is 0 Å². The molecular formula is C10H22O3Si2. The lowest BCUT2D eigenvalue weighted by Gasteiger charge is -2.23. The number of rotatable bonds is 4. The molecule has 5 heteroatoms. The maximum absolute atomic E-state index is 11.7. The van der Waals surface area contributed by atoms with Crippen molar-refractivity contribution in [3.63, 3.8) is 0 Å². The van der Waals surface area contributed by atoms with Crippen molar-refractivity contribution in [3.05, 3.63) is 11.8 Å². The fraction of sp³-hybridized carbons (Fsp3) is 0.700. The average Bonchev–Trinajstić information content (AvgIpc) is 1.94. The molecule has 0 heterocycles. The highest BCUT2D eigenvalue weighted by Gasteiger charge is 2.26. The Morgan fingerprint density at radius 1 is 0.933 bits per heavy atom. The zero-order chi connectivity index (χ0) is 12.3. The fourth-order valence-electron chi connectivity index (χ4n) is 0.877. The van der Waals surface area contributed by atoms with E-state index in [1.807, 2.05) is 39.3 Å². The summed E-state index contributed by atoms with van der Waals surface area (Å²) in [4.78, 5) is 11.7. The van der Waals surface area contributed by atoms with Crippen molar-refractivity contribution in [2.24, 2.45) is 0 Å². The molecule has 3 nitrogen and oxygen atoms in total. The van der Waals surface area contributed by atoms with Gasteiger partial charge in [-0.1, -0.05) is 0 Å². The molecule has 0 spiro atoms. The summed E-state index contributed by atoms with van der Waals surface area (Å²) in [7, 11) is -3.56. The quantitative estimate of drug-likeness (QED) is 0.434. The molecule has 0 aliphatic rings. The first-order chi connectivity index (χ1) is 6.55. The van der Waals surface area contributed by atoms with E-state index in [0.717, 1.165) is 0 Å². The SMILES string of the molecule is CC=C(O[Si](C)(C)C)C(=O)O[Si](C)(C)C. The minimum atomic E-state index is -1.83. The average molecular weight is 246 g/mol. The van der Waals surface area contributed by atoms with E-state index in [0.29, 0.717) is 5.76 Å². The maximum Gasteiger partial charge on any atom is 0.358 e. The lowest BCUT2D eigenvalue weighted by Crippen LogP contribution is -2.33. The molecule has 0 aliphatic carbocycles. The zero-order valence-electron chi connectivity index (χ0n) is 10.8. The molecule has 0 aromatic carbocycles. The molecule has 0 rings (SSSR count). The highest BCUT2D eigenvalue weighted by Crippen LogP contribution is 2.14. The van der Waals surface area contributed by atoms with Crippen molar-refractivity contribution >= 4 is 22.6 Å². The van der Waals surface area contributed by atoms with Crippen LogP contribution in [0.3, 0.4) is 0 Å². The second-order valence-electron chi connectivity index (χ2n) is 5.37. The van der Waals surface area contributed by atoms with Gasteiger partial charge in [0.05, 0.1) is 0 Å². The van der Waals surface area contributed by atoms with Gasteiger partial charge in [0.2, 0.25) is 16.6 Å². The van der Waals surface area contributed by atoms with E-state index in [4.69, 9.17) is 8.85 Å². The van der Waals surface area contributed by atoms with Gasteiger partial charge >= 0.3 is 5.97 Å². The highest BCUT2D eigenvalue weighted by atomic mass is 28.4. The molecule has 0 bridgehead atoms. The van der Waals surface area contributed by atoms with E-state index in [9.17, 15) is 4.79 Å². The molecule has 0 amide bonds. The summed E-state index contributed by atoms with van der Waals surface area (Å²) >= 11 is 0. The normalized spacial score (nSPS) is 13.7. The van der Waals surface area contributed by atoms with Gasteiger partial charge in [-0.15, -0.1) is 0 Å². The van der Waals surface area contributed by atoms with Crippen LogP contribution in [0.25, 0.3) is 0 Å². The predicted molar refractivity (Wildman–Crippen MR) is 67.6 cm³/mol. The Morgan fingerprint density at radius 3 is 1.60 bits per heavy atom. The molecule has 88 valence electrons. The van der Waals surface area contributed by atoms with Gasteiger partial charge in [0.25, 0.3) is 0 Å². The minimum absolute atomic E-state index is 0.320. The van der Waals surface area contributed by atoms with Gasteiger partial charge in [0, 0.05) is 0 Å². The largest absolute Gasteiger partial charge is 0.540 e. The van der Waals surface area contributed by atoms with Crippen LogP contribution in [0.1, 0.15) is 6.92 Å². The van der Waals surface area contributed by atoms with E-state index in [1.165, 1.54) is 0 Å². The summed E-state index contributed by atoms with van der Waals surface area (Å²) in [5.41, 5.74) is 0. The van der Waals surface area contributed by atoms with Crippen LogP contribution in [-0.4, -0.2) is 22.6 Å². The Kier molecular flexibility index (Phi) is 4.80. The predicted octanol–water partition coefficient (Wildman–Crippen LogP) is 3.12. The number of carbonyl (C=O) groups is 1. The highest BCUT2D eigenvalue weighted by molar-refractivity contribution is 6.72. The van der Waals surface area contributed by atoms with E-state index < -0.39 is 16.6 Å². The number of carbonyl (C=O) groups excluding carboxylic acids is 1. The van der Waals surface area contributed by atoms with Crippen LogP contribution >= 0.6 is 0 Å². The molecule has 0 saturated heterocycles. The van der Waals surface area contributed by atoms with Crippen LogP contribution in [0, 0.1) is 0 Å². The summed E-state index contributed by atoms with van der Waals surface area (Å²) < 4.78 is 11.0. The summed E-state index contributed by atoms with van der Waals surface area (Å²) in [5, 5.41) is 0. The Morgan fingerprint density at radius 2 is 1.33 bits per heavy atom. The van der Waals surface area contributed by atoms with Crippen molar-refractivity contribution < 1.29 is 13.6 Å². The van der Waals surface area contributed by atoms with Gasteiger partial charge in [-0.2, -0.15) is 0 Å². The number of hydrogen-bond acceptors (Lipinski definition) is 3. The van der Waals surface area contributed by atoms with Gasteiger partial charge in [-0.25, -0.2) is 4.79 Å². The van der Waals surface area contributed by atoms with Gasteiger partial charge in [-0.05, 0) is 52.3 Å². The molecule has 0 atom stereocenters. The second kappa shape index (κ2) is 4.98. The molecule has 0 aliphatic heterocycles. The number of hydrogen-bond donors (Lipinski definition) is 0. The van der Waals surface area contributed by atoms with Crippen LogP contribution in [0.4, 0.5) is 0 Å². The van der Waals surface area contributed by atoms with Crippen molar-refractivity contribution in [1.82, 2.24) is 0 Å². The molecule has 0 unspecified atom stereocenters. The smallest absolute Gasteiger partial charge is 0.358 e. The van der Waals surface area contributed by atoms with Crippen molar-refractivity contribution in [3.8, 4) is 0 Å². The summed E-state index contributed by atoms with van der Waals surface area (Å²) in [6.07, 6.45) is 1.68. The molecule has 0 saturated carbocycles. The third kappa shape index (κ3) is 7.38. The monoisotopic (exact) mass is 246 g/mol. The summed E-state index contributed by atoms with van der Waals surface area (Å²) in [5.74, 6) is 0.0377. The molecule has 0 aromatic heterocycles. The minimum Gasteiger partial charge on any atom is -0.540 e. The Labute approximate surface area is 94.7 Å². The van der Waals surface area contributed by atoms with Gasteiger partial charge in [0.15, 0.2) is 5.76 Å². The van der Waals surface area contributed by atoms with Crippen LogP contribution in [-0.2, 0) is 13.6 Å². The van der Waals surface area contributed by atoms with Gasteiger partial charge in [-0.3, -0.25) is 0 Å². The first kappa shape index (κ1) is 14.4. The van der Waals surface area contributed by atoms with Crippen LogP contribution in [0.15, 0.2) is 11.8 Å². The van der Waals surface area contributed by atoms with E-state index in [2.05, 4.69) is 0 Å². The van der Waals surface area contributed by atoms with Crippen molar-refractivity contribution in [1.29, 1.82) is 0 Å². The fourth-order valence-corrected chi connectivity index (χ4v) is 2.39. The third-order valence-corrected chi connectivity index (χ3v) is 2.91. The molecule has 0 radical (unpaired) electrons. The maximum atomic E-state index is 11.7. The van der Waals surface area contributed by atoms with E-state index >= 15 is 0 Å². The molecule has 0 N–H and O–H groups in total. The van der Waals surface area contributed by atoms with Crippen LogP contribution < -0.4 is 0 Å². The number of allylic oxidation sites excluding steroid dienone is 1. The van der Waals surface area contributed by atoms with Crippen LogP contribution in [0.2, 0.25) is 39.3 Å². The molecule has 15 heavy (non-hydrogen) atoms. The molecule has 0 fully saturated rings. The first-order valence-corrected chi connectivity index (χ1v) is 12.0. The zero-order valence-corrected chi connectivity index (χ0v) is 12.8. The second-order valence-corrected chi connectivity index (χ2v) is 14.2. The molecular weight excluding hydrogens is 224 g/mol. The van der Waals surface area contributed by atoms with Crippen molar-refractivity contribution in [2.75, 3.05) is 0 Å². The summed E-state index contributed by atoms with van der Waals surface area (Å²) in [6, 6.07) is 0. The lowest BCUT2D eigenvalue weighted by atomic mass is 10.5. The molecule has 0 aromatic rings. The Bertz CT molecular complexity index is 259. The Hall–Kier alpha value is -0.556. The van der Waals surface area contributed by atoms with E-state index in [-0.39, 0.29) is 5.97 Å². The van der Waals surface area contributed by atoms with E-state index in [1.54, 1.807) is 13.0 Å². The first-order valence-electron chi connectivity index (χ1n) is 5.14. The lowest BCUT2D eigenvalue weighted by molar-refractivity contribution is -0.133. The topological polar surface area (TPSA) is 35.5 Å². The van der Waals surface area contributed by atoms with Gasteiger partial charge < -0.3 is 8.85 Å². The van der Waals surface area contributed by atoms with Crippen LogP contribution in [0.5, 0.6) is 0 Å². The Balaban J connectivity index is 4.53.